The van der Waals surface area contributed by atoms with Gasteiger partial charge in [0.2, 0.25) is 0 Å². The standard InChI is InChI=1S/C10H10BrN3OS/c1-6(8-3-12-13-4-8)14-10(15)7-2-9(11)16-5-7/h2-6H,1H3,(H,12,13)(H,14,15). The Kier molecular flexibility index (Phi) is 3.40. The van der Waals surface area contributed by atoms with E-state index in [0.717, 1.165) is 9.35 Å². The number of nitrogens with one attached hydrogen (secondary N) is 2. The van der Waals surface area contributed by atoms with Crippen molar-refractivity contribution >= 4 is 33.2 Å². The van der Waals surface area contributed by atoms with Gasteiger partial charge in [-0.25, -0.2) is 0 Å². The topological polar surface area (TPSA) is 57.8 Å². The average Bonchev–Trinajstić information content (AvgIpc) is 2.87. The van der Waals surface area contributed by atoms with E-state index in [2.05, 4.69) is 31.4 Å². The van der Waals surface area contributed by atoms with Crippen LogP contribution >= 0.6 is 27.3 Å². The number of nitrogens with zero attached hydrogens (tertiary/aromatic N) is 1. The largest absolute Gasteiger partial charge is 0.345 e. The van der Waals surface area contributed by atoms with Crippen LogP contribution in [0.3, 0.4) is 0 Å². The van der Waals surface area contributed by atoms with Gasteiger partial charge in [-0.05, 0) is 28.9 Å². The molecule has 0 saturated carbocycles. The minimum absolute atomic E-state index is 0.0510. The van der Waals surface area contributed by atoms with Crippen molar-refractivity contribution in [3.8, 4) is 0 Å². The number of H-pyrrole nitrogens is 1. The molecule has 84 valence electrons. The maximum atomic E-state index is 11.8. The van der Waals surface area contributed by atoms with Crippen molar-refractivity contribution in [2.24, 2.45) is 0 Å². The second-order valence-electron chi connectivity index (χ2n) is 3.37. The minimum Gasteiger partial charge on any atom is -0.345 e. The van der Waals surface area contributed by atoms with Crippen LogP contribution in [0, 0.1) is 0 Å². The smallest absolute Gasteiger partial charge is 0.252 e. The lowest BCUT2D eigenvalue weighted by molar-refractivity contribution is 0.0940. The number of carbonyl (C=O) groups is 1. The normalized spacial score (nSPS) is 12.4. The molecule has 0 aliphatic rings. The lowest BCUT2D eigenvalue weighted by Crippen LogP contribution is -2.25. The zero-order valence-corrected chi connectivity index (χ0v) is 10.9. The van der Waals surface area contributed by atoms with Gasteiger partial charge in [-0.2, -0.15) is 5.10 Å². The van der Waals surface area contributed by atoms with Crippen molar-refractivity contribution in [3.63, 3.8) is 0 Å². The molecule has 1 unspecified atom stereocenters. The van der Waals surface area contributed by atoms with Crippen LogP contribution in [0.4, 0.5) is 0 Å². The minimum atomic E-state index is -0.0735. The third-order valence-electron chi connectivity index (χ3n) is 2.20. The fraction of sp³-hybridized carbons (Fsp3) is 0.200. The van der Waals surface area contributed by atoms with Crippen LogP contribution in [0.15, 0.2) is 27.6 Å². The number of thiophene rings is 1. The Morgan fingerprint density at radius 3 is 3.06 bits per heavy atom. The monoisotopic (exact) mass is 299 g/mol. The van der Waals surface area contributed by atoms with Gasteiger partial charge in [0.05, 0.1) is 21.6 Å². The van der Waals surface area contributed by atoms with Crippen molar-refractivity contribution in [1.29, 1.82) is 0 Å². The lowest BCUT2D eigenvalue weighted by atomic mass is 10.2. The molecule has 0 spiro atoms. The highest BCUT2D eigenvalue weighted by Crippen LogP contribution is 2.21. The first kappa shape index (κ1) is 11.3. The molecule has 1 atom stereocenters. The lowest BCUT2D eigenvalue weighted by Gasteiger charge is -2.10. The summed E-state index contributed by atoms with van der Waals surface area (Å²) >= 11 is 4.82. The van der Waals surface area contributed by atoms with Gasteiger partial charge in [-0.3, -0.25) is 9.89 Å². The quantitative estimate of drug-likeness (QED) is 0.915. The Morgan fingerprint density at radius 2 is 2.50 bits per heavy atom. The van der Waals surface area contributed by atoms with Crippen LogP contribution in [0.1, 0.15) is 28.9 Å². The number of aromatic nitrogens is 2. The molecule has 0 bridgehead atoms. The molecule has 1 amide bonds. The number of carbonyl (C=O) groups excluding carboxylic acids is 1. The molecular formula is C10H10BrN3OS. The zero-order valence-electron chi connectivity index (χ0n) is 8.53. The van der Waals surface area contributed by atoms with E-state index in [0.29, 0.717) is 5.56 Å². The Labute approximate surface area is 105 Å². The van der Waals surface area contributed by atoms with E-state index < -0.39 is 0 Å². The molecule has 0 aliphatic heterocycles. The van der Waals surface area contributed by atoms with Crippen LogP contribution in [0.25, 0.3) is 0 Å². The zero-order chi connectivity index (χ0) is 11.5. The Bertz CT molecular complexity index is 480. The van der Waals surface area contributed by atoms with Gasteiger partial charge >= 0.3 is 0 Å². The summed E-state index contributed by atoms with van der Waals surface area (Å²) in [5, 5.41) is 11.3. The summed E-state index contributed by atoms with van der Waals surface area (Å²) in [5.41, 5.74) is 1.63. The molecule has 4 nitrogen and oxygen atoms in total. The van der Waals surface area contributed by atoms with Crippen molar-refractivity contribution in [1.82, 2.24) is 15.5 Å². The van der Waals surface area contributed by atoms with E-state index in [9.17, 15) is 4.79 Å². The summed E-state index contributed by atoms with van der Waals surface area (Å²) in [4.78, 5) is 11.8. The van der Waals surface area contributed by atoms with Crippen molar-refractivity contribution in [3.05, 3.63) is 38.8 Å². The molecule has 2 heterocycles. The van der Waals surface area contributed by atoms with Gasteiger partial charge in [0.1, 0.15) is 0 Å². The van der Waals surface area contributed by atoms with Crippen molar-refractivity contribution < 1.29 is 4.79 Å². The SMILES string of the molecule is CC(NC(=O)c1csc(Br)c1)c1cn[nH]c1. The molecule has 2 rings (SSSR count). The molecule has 0 aromatic carbocycles. The fourth-order valence-corrected chi connectivity index (χ4v) is 2.43. The Morgan fingerprint density at radius 1 is 1.69 bits per heavy atom. The molecule has 16 heavy (non-hydrogen) atoms. The highest BCUT2D eigenvalue weighted by Gasteiger charge is 2.13. The summed E-state index contributed by atoms with van der Waals surface area (Å²) in [6.45, 7) is 1.92. The van der Waals surface area contributed by atoms with Gasteiger partial charge in [-0.1, -0.05) is 0 Å². The number of amides is 1. The van der Waals surface area contributed by atoms with Gasteiger partial charge in [0, 0.05) is 17.1 Å². The number of hydrogen-bond donors (Lipinski definition) is 2. The first-order valence-corrected chi connectivity index (χ1v) is 6.37. The third kappa shape index (κ3) is 2.51. The highest BCUT2D eigenvalue weighted by molar-refractivity contribution is 9.11. The second kappa shape index (κ2) is 4.80. The van der Waals surface area contributed by atoms with E-state index in [-0.39, 0.29) is 11.9 Å². The van der Waals surface area contributed by atoms with Crippen LogP contribution in [-0.4, -0.2) is 16.1 Å². The molecule has 0 radical (unpaired) electrons. The van der Waals surface area contributed by atoms with Crippen molar-refractivity contribution in [2.45, 2.75) is 13.0 Å². The number of halogens is 1. The summed E-state index contributed by atoms with van der Waals surface area (Å²) < 4.78 is 0.952. The molecule has 2 aromatic heterocycles. The van der Waals surface area contributed by atoms with Gasteiger partial charge in [-0.15, -0.1) is 11.3 Å². The summed E-state index contributed by atoms with van der Waals surface area (Å²) in [6, 6.07) is 1.76. The highest BCUT2D eigenvalue weighted by atomic mass is 79.9. The van der Waals surface area contributed by atoms with Gasteiger partial charge < -0.3 is 5.32 Å². The Balaban J connectivity index is 2.03. The van der Waals surface area contributed by atoms with Crippen LogP contribution in [0.5, 0.6) is 0 Å². The van der Waals surface area contributed by atoms with E-state index >= 15 is 0 Å². The first-order valence-electron chi connectivity index (χ1n) is 4.70. The number of rotatable bonds is 3. The molecule has 6 heteroatoms. The number of hydrogen-bond acceptors (Lipinski definition) is 3. The van der Waals surface area contributed by atoms with Crippen LogP contribution in [0.2, 0.25) is 0 Å². The number of aromatic amines is 1. The maximum Gasteiger partial charge on any atom is 0.252 e. The first-order chi connectivity index (χ1) is 7.66. The summed E-state index contributed by atoms with van der Waals surface area (Å²) in [7, 11) is 0. The predicted molar refractivity (Wildman–Crippen MR) is 66.5 cm³/mol. The van der Waals surface area contributed by atoms with Crippen LogP contribution in [-0.2, 0) is 0 Å². The molecule has 0 aliphatic carbocycles. The van der Waals surface area contributed by atoms with E-state index in [4.69, 9.17) is 0 Å². The molecule has 0 fully saturated rings. The Hall–Kier alpha value is -1.14. The average molecular weight is 300 g/mol. The summed E-state index contributed by atoms with van der Waals surface area (Å²) in [5.74, 6) is -0.0735. The third-order valence-corrected chi connectivity index (χ3v) is 3.70. The fourth-order valence-electron chi connectivity index (χ4n) is 1.29. The maximum absolute atomic E-state index is 11.8. The predicted octanol–water partition coefficient (Wildman–Crippen LogP) is 2.72. The van der Waals surface area contributed by atoms with E-state index in [1.807, 2.05) is 18.4 Å². The van der Waals surface area contributed by atoms with E-state index in [1.54, 1.807) is 12.4 Å². The van der Waals surface area contributed by atoms with Gasteiger partial charge in [0.25, 0.3) is 5.91 Å². The molecule has 2 N–H and O–H groups in total. The molecule has 0 saturated heterocycles. The molecule has 2 aromatic rings. The van der Waals surface area contributed by atoms with Gasteiger partial charge in [0.15, 0.2) is 0 Å². The van der Waals surface area contributed by atoms with Crippen LogP contribution < -0.4 is 5.32 Å². The second-order valence-corrected chi connectivity index (χ2v) is 5.66. The van der Waals surface area contributed by atoms with E-state index in [1.165, 1.54) is 11.3 Å². The van der Waals surface area contributed by atoms with Crippen molar-refractivity contribution in [2.75, 3.05) is 0 Å². The molecular weight excluding hydrogens is 290 g/mol. The summed E-state index contributed by atoms with van der Waals surface area (Å²) in [6.07, 6.45) is 3.48.